The van der Waals surface area contributed by atoms with Crippen LogP contribution in [0.3, 0.4) is 0 Å². The minimum Gasteiger partial charge on any atom is -0.369 e. The van der Waals surface area contributed by atoms with Crippen LogP contribution in [0.4, 0.5) is 0 Å². The van der Waals surface area contributed by atoms with Gasteiger partial charge < -0.3 is 11.1 Å². The fraction of sp³-hybridized carbons (Fsp3) is 0.933. The van der Waals surface area contributed by atoms with Crippen molar-refractivity contribution in [2.24, 2.45) is 28.9 Å². The van der Waals surface area contributed by atoms with Gasteiger partial charge in [0.2, 0.25) is 5.91 Å². The maximum Gasteiger partial charge on any atom is 0.231 e. The third-order valence-electron chi connectivity index (χ3n) is 5.76. The summed E-state index contributed by atoms with van der Waals surface area (Å²) in [5.74, 6) is 2.69. The Morgan fingerprint density at radius 3 is 2.11 bits per heavy atom. The molecule has 102 valence electrons. The Kier molecular flexibility index (Phi) is 3.13. The van der Waals surface area contributed by atoms with E-state index < -0.39 is 0 Å². The zero-order valence-electron chi connectivity index (χ0n) is 11.5. The SMILES string of the molecule is CC[C@@H](NCC(N)=O)C12CC3CC(CC(C3)C1)C2. The first-order valence-electron chi connectivity index (χ1n) is 7.63. The van der Waals surface area contributed by atoms with Crippen molar-refractivity contribution in [1.82, 2.24) is 5.32 Å². The van der Waals surface area contributed by atoms with Gasteiger partial charge in [-0.25, -0.2) is 0 Å². The van der Waals surface area contributed by atoms with Crippen LogP contribution in [0.1, 0.15) is 51.9 Å². The summed E-state index contributed by atoms with van der Waals surface area (Å²) in [4.78, 5) is 11.0. The van der Waals surface area contributed by atoms with Gasteiger partial charge in [-0.15, -0.1) is 0 Å². The fourth-order valence-corrected chi connectivity index (χ4v) is 5.62. The number of primary amides is 1. The van der Waals surface area contributed by atoms with Crippen molar-refractivity contribution in [2.45, 2.75) is 57.9 Å². The lowest BCUT2D eigenvalue weighted by atomic mass is 9.47. The van der Waals surface area contributed by atoms with Crippen LogP contribution in [0.15, 0.2) is 0 Å². The predicted octanol–water partition coefficient (Wildman–Crippen LogP) is 2.06. The summed E-state index contributed by atoms with van der Waals surface area (Å²) in [6, 6.07) is 0.499. The van der Waals surface area contributed by atoms with Crippen LogP contribution in [0.25, 0.3) is 0 Å². The number of rotatable bonds is 5. The highest BCUT2D eigenvalue weighted by Crippen LogP contribution is 2.61. The van der Waals surface area contributed by atoms with Gasteiger partial charge in [-0.3, -0.25) is 4.79 Å². The number of nitrogens with one attached hydrogen (secondary N) is 1. The first-order chi connectivity index (χ1) is 8.61. The largest absolute Gasteiger partial charge is 0.369 e. The molecule has 4 aliphatic rings. The van der Waals surface area contributed by atoms with Crippen molar-refractivity contribution >= 4 is 5.91 Å². The minimum absolute atomic E-state index is 0.224. The van der Waals surface area contributed by atoms with E-state index in [0.717, 1.165) is 24.2 Å². The molecule has 0 radical (unpaired) electrons. The van der Waals surface area contributed by atoms with Gasteiger partial charge in [0.1, 0.15) is 0 Å². The van der Waals surface area contributed by atoms with E-state index in [4.69, 9.17) is 5.73 Å². The van der Waals surface area contributed by atoms with Crippen LogP contribution >= 0.6 is 0 Å². The molecule has 0 aliphatic heterocycles. The molecule has 0 unspecified atom stereocenters. The van der Waals surface area contributed by atoms with Crippen molar-refractivity contribution in [3.05, 3.63) is 0 Å². The third kappa shape index (κ3) is 2.07. The van der Waals surface area contributed by atoms with Gasteiger partial charge in [0, 0.05) is 6.04 Å². The Balaban J connectivity index is 1.74. The van der Waals surface area contributed by atoms with E-state index in [1.54, 1.807) is 0 Å². The molecular formula is C15H26N2O. The lowest BCUT2D eigenvalue weighted by molar-refractivity contribution is -0.118. The minimum atomic E-state index is -0.224. The molecule has 18 heavy (non-hydrogen) atoms. The number of nitrogens with two attached hydrogens (primary N) is 1. The topological polar surface area (TPSA) is 55.1 Å². The van der Waals surface area contributed by atoms with Crippen molar-refractivity contribution in [3.63, 3.8) is 0 Å². The van der Waals surface area contributed by atoms with Crippen LogP contribution in [-0.2, 0) is 4.79 Å². The number of amides is 1. The van der Waals surface area contributed by atoms with Crippen molar-refractivity contribution in [1.29, 1.82) is 0 Å². The van der Waals surface area contributed by atoms with Gasteiger partial charge in [-0.1, -0.05) is 6.92 Å². The van der Waals surface area contributed by atoms with Gasteiger partial charge in [-0.05, 0) is 68.1 Å². The number of hydrogen-bond acceptors (Lipinski definition) is 2. The van der Waals surface area contributed by atoms with Crippen molar-refractivity contribution < 1.29 is 4.79 Å². The molecule has 0 aromatic carbocycles. The summed E-state index contributed by atoms with van der Waals surface area (Å²) in [7, 11) is 0. The molecule has 3 nitrogen and oxygen atoms in total. The van der Waals surface area contributed by atoms with Gasteiger partial charge >= 0.3 is 0 Å². The molecule has 4 saturated carbocycles. The lowest BCUT2D eigenvalue weighted by Crippen LogP contribution is -2.56. The average Bonchev–Trinajstić information content (AvgIpc) is 2.26. The zero-order chi connectivity index (χ0) is 12.8. The molecule has 0 aromatic rings. The molecule has 0 spiro atoms. The first-order valence-corrected chi connectivity index (χ1v) is 7.63. The average molecular weight is 250 g/mol. The molecule has 1 amide bonds. The number of hydrogen-bond donors (Lipinski definition) is 2. The van der Waals surface area contributed by atoms with E-state index in [-0.39, 0.29) is 5.91 Å². The Hall–Kier alpha value is -0.570. The Morgan fingerprint density at radius 2 is 1.72 bits per heavy atom. The van der Waals surface area contributed by atoms with E-state index >= 15 is 0 Å². The smallest absolute Gasteiger partial charge is 0.231 e. The third-order valence-corrected chi connectivity index (χ3v) is 5.76. The zero-order valence-corrected chi connectivity index (χ0v) is 11.5. The van der Waals surface area contributed by atoms with Crippen molar-refractivity contribution in [2.75, 3.05) is 6.54 Å². The van der Waals surface area contributed by atoms with E-state index in [9.17, 15) is 4.79 Å². The van der Waals surface area contributed by atoms with Crippen LogP contribution in [0.5, 0.6) is 0 Å². The summed E-state index contributed by atoms with van der Waals surface area (Å²) in [6.07, 6.45) is 9.73. The molecule has 3 N–H and O–H groups in total. The Bertz CT molecular complexity index is 304. The van der Waals surface area contributed by atoms with E-state index in [1.807, 2.05) is 0 Å². The molecule has 0 aromatic heterocycles. The van der Waals surface area contributed by atoms with Crippen molar-refractivity contribution in [3.8, 4) is 0 Å². The number of carbonyl (C=O) groups is 1. The highest BCUT2D eigenvalue weighted by molar-refractivity contribution is 5.75. The van der Waals surface area contributed by atoms with Gasteiger partial charge in [0.15, 0.2) is 0 Å². The summed E-state index contributed by atoms with van der Waals surface area (Å²) in [6.45, 7) is 2.59. The maximum absolute atomic E-state index is 11.0. The van der Waals surface area contributed by atoms with E-state index in [2.05, 4.69) is 12.2 Å². The summed E-state index contributed by atoms with van der Waals surface area (Å²) < 4.78 is 0. The molecule has 1 atom stereocenters. The first kappa shape index (κ1) is 12.5. The quantitative estimate of drug-likeness (QED) is 0.784. The molecule has 4 aliphatic carbocycles. The highest BCUT2D eigenvalue weighted by atomic mass is 16.1. The van der Waals surface area contributed by atoms with E-state index in [1.165, 1.54) is 38.5 Å². The number of carbonyl (C=O) groups excluding carboxylic acids is 1. The maximum atomic E-state index is 11.0. The van der Waals surface area contributed by atoms with E-state index in [0.29, 0.717) is 18.0 Å². The lowest BCUT2D eigenvalue weighted by Gasteiger charge is -2.59. The van der Waals surface area contributed by atoms with Crippen LogP contribution in [0, 0.1) is 23.2 Å². The summed E-state index contributed by atoms with van der Waals surface area (Å²) in [5, 5.41) is 3.45. The van der Waals surface area contributed by atoms with Crippen LogP contribution in [0.2, 0.25) is 0 Å². The Morgan fingerprint density at radius 1 is 1.22 bits per heavy atom. The fourth-order valence-electron chi connectivity index (χ4n) is 5.62. The molecule has 4 fully saturated rings. The highest BCUT2D eigenvalue weighted by Gasteiger charge is 2.53. The van der Waals surface area contributed by atoms with Gasteiger partial charge in [0.25, 0.3) is 0 Å². The predicted molar refractivity (Wildman–Crippen MR) is 71.9 cm³/mol. The van der Waals surface area contributed by atoms with Crippen LogP contribution in [-0.4, -0.2) is 18.5 Å². The molecule has 0 heterocycles. The molecule has 3 heteroatoms. The van der Waals surface area contributed by atoms with Gasteiger partial charge in [0.05, 0.1) is 6.54 Å². The molecule has 4 rings (SSSR count). The molecule has 4 bridgehead atoms. The van der Waals surface area contributed by atoms with Crippen LogP contribution < -0.4 is 11.1 Å². The molecular weight excluding hydrogens is 224 g/mol. The summed E-state index contributed by atoms with van der Waals surface area (Å²) >= 11 is 0. The standard InChI is InChI=1S/C15H26N2O/c1-2-13(17-9-14(16)18)15-6-10-3-11(7-15)5-12(4-10)8-15/h10-13,17H,2-9H2,1H3,(H2,16,18)/t10?,11?,12?,13-,15?/m1/s1. The second-order valence-corrected chi connectivity index (χ2v) is 7.09. The van der Waals surface area contributed by atoms with Gasteiger partial charge in [-0.2, -0.15) is 0 Å². The Labute approximate surface area is 110 Å². The summed E-state index contributed by atoms with van der Waals surface area (Å²) in [5.41, 5.74) is 5.77. The molecule has 0 saturated heterocycles. The second kappa shape index (κ2) is 4.52. The monoisotopic (exact) mass is 250 g/mol. The second-order valence-electron chi connectivity index (χ2n) is 7.09. The normalized spacial score (nSPS) is 43.1.